The Balaban J connectivity index is 2.21. The number of hydrogen-bond donors (Lipinski definition) is 0. The Morgan fingerprint density at radius 2 is 1.78 bits per heavy atom. The van der Waals surface area contributed by atoms with Gasteiger partial charge in [0.25, 0.3) is 0 Å². The molecular weight excluding hydrogens is 239 g/mol. The van der Waals surface area contributed by atoms with Gasteiger partial charge in [-0.05, 0) is 36.6 Å². The SMILES string of the molecule is CCC1=C(C)N=C(c2ccc(C(F)(F)F)cc2)C1. The zero-order chi connectivity index (χ0) is 13.3. The van der Waals surface area contributed by atoms with Gasteiger partial charge in [-0.25, -0.2) is 0 Å². The summed E-state index contributed by atoms with van der Waals surface area (Å²) in [6, 6.07) is 5.20. The van der Waals surface area contributed by atoms with E-state index >= 15 is 0 Å². The molecule has 0 spiro atoms. The van der Waals surface area contributed by atoms with E-state index in [1.54, 1.807) is 0 Å². The number of allylic oxidation sites excluding steroid dienone is 2. The smallest absolute Gasteiger partial charge is 0.257 e. The first kappa shape index (κ1) is 12.9. The van der Waals surface area contributed by atoms with Crippen LogP contribution in [0.25, 0.3) is 0 Å². The zero-order valence-corrected chi connectivity index (χ0v) is 10.3. The largest absolute Gasteiger partial charge is 0.416 e. The molecule has 0 radical (unpaired) electrons. The third kappa shape index (κ3) is 2.47. The van der Waals surface area contributed by atoms with Crippen LogP contribution in [-0.2, 0) is 6.18 Å². The fourth-order valence-electron chi connectivity index (χ4n) is 2.05. The molecule has 0 aliphatic carbocycles. The maximum Gasteiger partial charge on any atom is 0.416 e. The van der Waals surface area contributed by atoms with Gasteiger partial charge >= 0.3 is 6.18 Å². The fourth-order valence-corrected chi connectivity index (χ4v) is 2.05. The number of benzene rings is 1. The highest BCUT2D eigenvalue weighted by Crippen LogP contribution is 2.30. The van der Waals surface area contributed by atoms with Gasteiger partial charge in [0, 0.05) is 12.1 Å². The second-order valence-electron chi connectivity index (χ2n) is 4.35. The van der Waals surface area contributed by atoms with Crippen molar-refractivity contribution < 1.29 is 13.2 Å². The molecule has 18 heavy (non-hydrogen) atoms. The van der Waals surface area contributed by atoms with Gasteiger partial charge in [-0.15, -0.1) is 0 Å². The monoisotopic (exact) mass is 253 g/mol. The first-order valence-electron chi connectivity index (χ1n) is 5.85. The maximum atomic E-state index is 12.4. The first-order valence-corrected chi connectivity index (χ1v) is 5.85. The van der Waals surface area contributed by atoms with Gasteiger partial charge in [-0.2, -0.15) is 13.2 Å². The van der Waals surface area contributed by atoms with Crippen molar-refractivity contribution in [1.82, 2.24) is 0 Å². The van der Waals surface area contributed by atoms with Crippen LogP contribution in [0.2, 0.25) is 0 Å². The van der Waals surface area contributed by atoms with Gasteiger partial charge < -0.3 is 0 Å². The highest BCUT2D eigenvalue weighted by atomic mass is 19.4. The van der Waals surface area contributed by atoms with Gasteiger partial charge in [-0.1, -0.05) is 19.1 Å². The van der Waals surface area contributed by atoms with Crippen molar-refractivity contribution in [2.75, 3.05) is 0 Å². The third-order valence-electron chi connectivity index (χ3n) is 3.17. The van der Waals surface area contributed by atoms with Gasteiger partial charge in [0.2, 0.25) is 0 Å². The van der Waals surface area contributed by atoms with Crippen LogP contribution in [-0.4, -0.2) is 5.71 Å². The van der Waals surface area contributed by atoms with E-state index < -0.39 is 11.7 Å². The van der Waals surface area contributed by atoms with E-state index in [1.165, 1.54) is 17.7 Å². The minimum Gasteiger partial charge on any atom is -0.257 e. The average molecular weight is 253 g/mol. The normalized spacial score (nSPS) is 16.2. The molecule has 1 aromatic carbocycles. The minimum absolute atomic E-state index is 0.620. The summed E-state index contributed by atoms with van der Waals surface area (Å²) in [6.45, 7) is 4.00. The molecule has 0 N–H and O–H groups in total. The summed E-state index contributed by atoms with van der Waals surface area (Å²) in [4.78, 5) is 4.42. The fraction of sp³-hybridized carbons (Fsp3) is 0.357. The lowest BCUT2D eigenvalue weighted by atomic mass is 10.0. The van der Waals surface area contributed by atoms with Crippen LogP contribution in [0.3, 0.4) is 0 Å². The van der Waals surface area contributed by atoms with Gasteiger partial charge in [-0.3, -0.25) is 4.99 Å². The van der Waals surface area contributed by atoms with Crippen LogP contribution in [0.4, 0.5) is 13.2 Å². The van der Waals surface area contributed by atoms with Crippen LogP contribution < -0.4 is 0 Å². The summed E-state index contributed by atoms with van der Waals surface area (Å²) in [6.07, 6.45) is -2.61. The minimum atomic E-state index is -4.28. The molecule has 0 amide bonds. The molecule has 1 nitrogen and oxygen atoms in total. The van der Waals surface area contributed by atoms with E-state index in [0.29, 0.717) is 0 Å². The van der Waals surface area contributed by atoms with Crippen molar-refractivity contribution in [3.05, 3.63) is 46.7 Å². The van der Waals surface area contributed by atoms with Gasteiger partial charge in [0.05, 0.1) is 11.3 Å². The highest BCUT2D eigenvalue weighted by molar-refractivity contribution is 6.04. The third-order valence-corrected chi connectivity index (χ3v) is 3.17. The van der Waals surface area contributed by atoms with Crippen LogP contribution in [0, 0.1) is 0 Å². The van der Waals surface area contributed by atoms with Crippen LogP contribution in [0.15, 0.2) is 40.5 Å². The molecule has 1 heterocycles. The molecule has 2 rings (SSSR count). The molecule has 0 saturated carbocycles. The lowest BCUT2D eigenvalue weighted by Crippen LogP contribution is -2.06. The van der Waals surface area contributed by atoms with Crippen molar-refractivity contribution in [1.29, 1.82) is 0 Å². The summed E-state index contributed by atoms with van der Waals surface area (Å²) in [5, 5.41) is 0. The van der Waals surface area contributed by atoms with E-state index in [2.05, 4.69) is 11.9 Å². The Kier molecular flexibility index (Phi) is 3.28. The van der Waals surface area contributed by atoms with Crippen molar-refractivity contribution in [2.24, 2.45) is 4.99 Å². The van der Waals surface area contributed by atoms with Crippen molar-refractivity contribution in [3.8, 4) is 0 Å². The first-order chi connectivity index (χ1) is 8.41. The highest BCUT2D eigenvalue weighted by Gasteiger charge is 2.30. The predicted octanol–water partition coefficient (Wildman–Crippen LogP) is 4.58. The molecule has 0 fully saturated rings. The average Bonchev–Trinajstić information content (AvgIpc) is 2.69. The van der Waals surface area contributed by atoms with E-state index in [0.717, 1.165) is 41.9 Å². The second-order valence-corrected chi connectivity index (χ2v) is 4.35. The number of halogens is 3. The van der Waals surface area contributed by atoms with E-state index in [4.69, 9.17) is 0 Å². The van der Waals surface area contributed by atoms with Gasteiger partial charge in [0.1, 0.15) is 0 Å². The molecule has 1 aliphatic heterocycles. The van der Waals surface area contributed by atoms with E-state index in [1.807, 2.05) is 6.92 Å². The Hall–Kier alpha value is -1.58. The van der Waals surface area contributed by atoms with Crippen molar-refractivity contribution in [3.63, 3.8) is 0 Å². The topological polar surface area (TPSA) is 12.4 Å². The summed E-state index contributed by atoms with van der Waals surface area (Å²) in [5.74, 6) is 0. The summed E-state index contributed by atoms with van der Waals surface area (Å²) >= 11 is 0. The van der Waals surface area contributed by atoms with E-state index in [-0.39, 0.29) is 0 Å². The van der Waals surface area contributed by atoms with Gasteiger partial charge in [0.15, 0.2) is 0 Å². The Morgan fingerprint density at radius 1 is 1.17 bits per heavy atom. The number of rotatable bonds is 2. The number of nitrogens with zero attached hydrogens (tertiary/aromatic N) is 1. The van der Waals surface area contributed by atoms with E-state index in [9.17, 15) is 13.2 Å². The summed E-state index contributed by atoms with van der Waals surface area (Å²) < 4.78 is 37.3. The molecule has 96 valence electrons. The summed E-state index contributed by atoms with van der Waals surface area (Å²) in [5.41, 5.74) is 3.26. The molecule has 0 bridgehead atoms. The Bertz CT molecular complexity index is 507. The molecule has 1 aromatic rings. The lowest BCUT2D eigenvalue weighted by molar-refractivity contribution is -0.137. The molecular formula is C14H14F3N. The molecule has 0 aromatic heterocycles. The number of hydrogen-bond acceptors (Lipinski definition) is 1. The second kappa shape index (κ2) is 4.59. The maximum absolute atomic E-state index is 12.4. The van der Waals surface area contributed by atoms with Crippen molar-refractivity contribution in [2.45, 2.75) is 32.9 Å². The van der Waals surface area contributed by atoms with Crippen LogP contribution >= 0.6 is 0 Å². The molecule has 0 atom stereocenters. The van der Waals surface area contributed by atoms with Crippen LogP contribution in [0.5, 0.6) is 0 Å². The standard InChI is InChI=1S/C14H14F3N/c1-3-10-8-13(18-9(10)2)11-4-6-12(7-5-11)14(15,16)17/h4-7H,3,8H2,1-2H3. The number of aliphatic imine (C=N–C) groups is 1. The summed E-state index contributed by atoms with van der Waals surface area (Å²) in [7, 11) is 0. The quantitative estimate of drug-likeness (QED) is 0.731. The molecule has 4 heteroatoms. The molecule has 0 saturated heterocycles. The predicted molar refractivity (Wildman–Crippen MR) is 65.6 cm³/mol. The van der Waals surface area contributed by atoms with Crippen LogP contribution in [0.1, 0.15) is 37.8 Å². The Labute approximate surface area is 104 Å². The Morgan fingerprint density at radius 3 is 2.22 bits per heavy atom. The molecule has 1 aliphatic rings. The molecule has 0 unspecified atom stereocenters. The zero-order valence-electron chi connectivity index (χ0n) is 10.3. The number of alkyl halides is 3. The lowest BCUT2D eigenvalue weighted by Gasteiger charge is -2.07. The van der Waals surface area contributed by atoms with Crippen molar-refractivity contribution >= 4 is 5.71 Å².